The van der Waals surface area contributed by atoms with E-state index in [0.29, 0.717) is 46.1 Å². The maximum Gasteiger partial charge on any atom is 0.341 e. The second-order valence-corrected chi connectivity index (χ2v) is 7.54. The minimum absolute atomic E-state index is 0.0500. The molecule has 0 atom stereocenters. The van der Waals surface area contributed by atoms with Crippen molar-refractivity contribution in [3.63, 3.8) is 0 Å². The lowest BCUT2D eigenvalue weighted by atomic mass is 10.1. The normalized spacial score (nSPS) is 10.9. The summed E-state index contributed by atoms with van der Waals surface area (Å²) >= 11 is 12.3. The van der Waals surface area contributed by atoms with Crippen LogP contribution >= 0.6 is 23.2 Å². The molecule has 0 saturated heterocycles. The number of halogens is 2. The van der Waals surface area contributed by atoms with Crippen molar-refractivity contribution in [3.05, 3.63) is 76.5 Å². The van der Waals surface area contributed by atoms with Crippen LogP contribution in [0.1, 0.15) is 0 Å². The van der Waals surface area contributed by atoms with Gasteiger partial charge in [0.25, 0.3) is 0 Å². The molecule has 3 aromatic rings. The number of anilines is 1. The number of nitrogens with zero attached hydrogens (tertiary/aromatic N) is 4. The van der Waals surface area contributed by atoms with Gasteiger partial charge in [0, 0.05) is 35.4 Å². The third-order valence-electron chi connectivity index (χ3n) is 4.40. The number of hydrogen-bond acceptors (Lipinski definition) is 9. The lowest BCUT2D eigenvalue weighted by Crippen LogP contribution is -2.22. The highest BCUT2D eigenvalue weighted by Gasteiger charge is 2.12. The fourth-order valence-corrected chi connectivity index (χ4v) is 3.32. The number of rotatable bonds is 9. The standard InChI is InChI=1S/C21H22Cl2N8O2/c1-12(3-5-15(19(24)25)20(32)33-2)26-7-8-27-21-30-17(10-18-28-11-29-31(18)21)14-6-4-13(22)9-16(14)23/h3-6,9-11,26H,1,7-8,24-25H2,2H3,(H,27,30)/b5-3-. The van der Waals surface area contributed by atoms with E-state index in [1.807, 2.05) is 0 Å². The molecule has 0 aliphatic rings. The van der Waals surface area contributed by atoms with Crippen molar-refractivity contribution in [1.29, 1.82) is 0 Å². The molecule has 0 aliphatic heterocycles. The van der Waals surface area contributed by atoms with Crippen molar-refractivity contribution < 1.29 is 9.53 Å². The number of nitrogens with two attached hydrogens (primary N) is 2. The lowest BCUT2D eigenvalue weighted by Gasteiger charge is -2.11. The van der Waals surface area contributed by atoms with Crippen LogP contribution in [0.2, 0.25) is 10.0 Å². The summed E-state index contributed by atoms with van der Waals surface area (Å²) in [5, 5.41) is 11.5. The first-order valence-electron chi connectivity index (χ1n) is 9.64. The number of hydrogen-bond donors (Lipinski definition) is 4. The second-order valence-electron chi connectivity index (χ2n) is 6.69. The number of benzene rings is 1. The Balaban J connectivity index is 1.66. The van der Waals surface area contributed by atoms with Gasteiger partial charge >= 0.3 is 5.97 Å². The minimum Gasteiger partial charge on any atom is -0.465 e. The molecule has 0 spiro atoms. The molecule has 0 aliphatic carbocycles. The van der Waals surface area contributed by atoms with Gasteiger partial charge < -0.3 is 26.8 Å². The van der Waals surface area contributed by atoms with E-state index in [2.05, 4.69) is 37.0 Å². The SMILES string of the molecule is C=C(/C=C\C(C(=O)OC)=C(N)N)NCCNc1nc(-c2ccc(Cl)cc2Cl)cc2ncnn12. The number of fused-ring (bicyclic) bond motifs is 1. The van der Waals surface area contributed by atoms with Gasteiger partial charge in [-0.3, -0.25) is 0 Å². The molecule has 3 rings (SSSR count). The van der Waals surface area contributed by atoms with Gasteiger partial charge in [0.2, 0.25) is 5.95 Å². The van der Waals surface area contributed by atoms with E-state index in [0.717, 1.165) is 5.56 Å². The Labute approximate surface area is 199 Å². The number of nitrogens with one attached hydrogen (secondary N) is 2. The Bertz CT molecular complexity index is 1250. The molecule has 1 aromatic carbocycles. The van der Waals surface area contributed by atoms with Crippen LogP contribution in [0, 0.1) is 0 Å². The molecule has 0 fully saturated rings. The van der Waals surface area contributed by atoms with Crippen LogP contribution in [0.25, 0.3) is 16.9 Å². The summed E-state index contributed by atoms with van der Waals surface area (Å²) in [6.07, 6.45) is 4.45. The third kappa shape index (κ3) is 5.93. The summed E-state index contributed by atoms with van der Waals surface area (Å²) in [6.45, 7) is 4.84. The summed E-state index contributed by atoms with van der Waals surface area (Å²) in [5.74, 6) is -0.290. The lowest BCUT2D eigenvalue weighted by molar-refractivity contribution is -0.135. The zero-order chi connectivity index (χ0) is 24.0. The first kappa shape index (κ1) is 23.9. The number of aromatic nitrogens is 4. The molecule has 0 bridgehead atoms. The number of esters is 1. The molecule has 10 nitrogen and oxygen atoms in total. The maximum atomic E-state index is 11.6. The zero-order valence-corrected chi connectivity index (χ0v) is 19.2. The molecule has 0 amide bonds. The van der Waals surface area contributed by atoms with E-state index < -0.39 is 5.97 Å². The van der Waals surface area contributed by atoms with Crippen molar-refractivity contribution in [2.45, 2.75) is 0 Å². The van der Waals surface area contributed by atoms with E-state index in [1.54, 1.807) is 34.9 Å². The molecule has 33 heavy (non-hydrogen) atoms. The zero-order valence-electron chi connectivity index (χ0n) is 17.7. The molecule has 2 heterocycles. The van der Waals surface area contributed by atoms with Crippen LogP contribution in [0.4, 0.5) is 5.95 Å². The van der Waals surface area contributed by atoms with Crippen molar-refractivity contribution >= 4 is 40.8 Å². The molecule has 12 heteroatoms. The summed E-state index contributed by atoms with van der Waals surface area (Å²) in [7, 11) is 1.24. The Morgan fingerprint density at radius 2 is 2.03 bits per heavy atom. The molecular weight excluding hydrogens is 467 g/mol. The van der Waals surface area contributed by atoms with Crippen LogP contribution in [0.15, 0.2) is 66.4 Å². The van der Waals surface area contributed by atoms with Crippen molar-refractivity contribution in [3.8, 4) is 11.3 Å². The summed E-state index contributed by atoms with van der Waals surface area (Å²) in [4.78, 5) is 20.5. The summed E-state index contributed by atoms with van der Waals surface area (Å²) in [6, 6.07) is 6.98. The van der Waals surface area contributed by atoms with E-state index in [4.69, 9.17) is 34.7 Å². The van der Waals surface area contributed by atoms with Gasteiger partial charge in [-0.1, -0.05) is 29.8 Å². The van der Waals surface area contributed by atoms with Crippen LogP contribution in [-0.2, 0) is 9.53 Å². The molecular formula is C21H22Cl2N8O2. The average Bonchev–Trinajstić information content (AvgIpc) is 3.25. The van der Waals surface area contributed by atoms with Gasteiger partial charge in [0.15, 0.2) is 5.65 Å². The maximum absolute atomic E-state index is 11.6. The van der Waals surface area contributed by atoms with Gasteiger partial charge in [-0.15, -0.1) is 0 Å². The fraction of sp³-hybridized carbons (Fsp3) is 0.143. The van der Waals surface area contributed by atoms with Gasteiger partial charge in [0.05, 0.1) is 23.4 Å². The monoisotopic (exact) mass is 488 g/mol. The number of carbonyl (C=O) groups is 1. The number of carbonyl (C=O) groups excluding carboxylic acids is 1. The second kappa shape index (κ2) is 10.7. The number of allylic oxidation sites excluding steroid dienone is 1. The molecule has 0 radical (unpaired) electrons. The molecule has 172 valence electrons. The van der Waals surface area contributed by atoms with E-state index >= 15 is 0 Å². The highest BCUT2D eigenvalue weighted by molar-refractivity contribution is 6.36. The summed E-state index contributed by atoms with van der Waals surface area (Å²) in [5.41, 5.74) is 13.6. The first-order chi connectivity index (χ1) is 15.8. The predicted octanol–water partition coefficient (Wildman–Crippen LogP) is 2.47. The van der Waals surface area contributed by atoms with Gasteiger partial charge in [-0.2, -0.15) is 9.61 Å². The Hall–Kier alpha value is -3.76. The third-order valence-corrected chi connectivity index (χ3v) is 4.95. The highest BCUT2D eigenvalue weighted by atomic mass is 35.5. The van der Waals surface area contributed by atoms with Crippen LogP contribution in [0.5, 0.6) is 0 Å². The molecule has 2 aromatic heterocycles. The van der Waals surface area contributed by atoms with Crippen molar-refractivity contribution in [2.24, 2.45) is 11.5 Å². The van der Waals surface area contributed by atoms with Crippen LogP contribution < -0.4 is 22.1 Å². The Morgan fingerprint density at radius 3 is 2.73 bits per heavy atom. The van der Waals surface area contributed by atoms with E-state index in [1.165, 1.54) is 19.5 Å². The fourth-order valence-electron chi connectivity index (χ4n) is 2.81. The van der Waals surface area contributed by atoms with E-state index in [9.17, 15) is 4.79 Å². The largest absolute Gasteiger partial charge is 0.465 e. The first-order valence-corrected chi connectivity index (χ1v) is 10.4. The summed E-state index contributed by atoms with van der Waals surface area (Å²) < 4.78 is 6.22. The van der Waals surface area contributed by atoms with Crippen molar-refractivity contribution in [1.82, 2.24) is 24.9 Å². The van der Waals surface area contributed by atoms with Crippen molar-refractivity contribution in [2.75, 3.05) is 25.5 Å². The number of ether oxygens (including phenoxy) is 1. The quantitative estimate of drug-likeness (QED) is 0.154. The van der Waals surface area contributed by atoms with Gasteiger partial charge in [0.1, 0.15) is 12.1 Å². The van der Waals surface area contributed by atoms with E-state index in [-0.39, 0.29) is 11.4 Å². The predicted molar refractivity (Wildman–Crippen MR) is 128 cm³/mol. The highest BCUT2D eigenvalue weighted by Crippen LogP contribution is 2.30. The topological polar surface area (TPSA) is 145 Å². The Morgan fingerprint density at radius 1 is 1.24 bits per heavy atom. The minimum atomic E-state index is -0.635. The van der Waals surface area contributed by atoms with Gasteiger partial charge in [-0.05, 0) is 30.4 Å². The van der Waals surface area contributed by atoms with Gasteiger partial charge in [-0.25, -0.2) is 14.8 Å². The molecule has 0 unspecified atom stereocenters. The number of methoxy groups -OCH3 is 1. The van der Waals surface area contributed by atoms with Crippen LogP contribution in [-0.4, -0.2) is 45.8 Å². The average molecular weight is 489 g/mol. The Kier molecular flexibility index (Phi) is 7.75. The molecule has 6 N–H and O–H groups in total. The molecule has 0 saturated carbocycles. The van der Waals surface area contributed by atoms with Crippen LogP contribution in [0.3, 0.4) is 0 Å². The smallest absolute Gasteiger partial charge is 0.341 e.